The normalized spacial score (nSPS) is 11.9. The topological polar surface area (TPSA) is 81.5 Å². The molecule has 0 spiro atoms. The second-order valence-electron chi connectivity index (χ2n) is 3.75. The first-order chi connectivity index (χ1) is 8.45. The molecule has 18 heavy (non-hydrogen) atoms. The lowest BCUT2D eigenvalue weighted by atomic mass is 10.1. The molecule has 6 nitrogen and oxygen atoms in total. The summed E-state index contributed by atoms with van der Waals surface area (Å²) in [6, 6.07) is 3.52. The molecule has 98 valence electrons. The monoisotopic (exact) mass is 272 g/mol. The molecular weight excluding hydrogens is 260 g/mol. The van der Waals surface area contributed by atoms with Gasteiger partial charge < -0.3 is 10.1 Å². The van der Waals surface area contributed by atoms with Gasteiger partial charge in [0.2, 0.25) is 0 Å². The predicted molar refractivity (Wildman–Crippen MR) is 66.9 cm³/mol. The number of nitro groups is 1. The van der Waals surface area contributed by atoms with Crippen LogP contribution in [0.5, 0.6) is 0 Å². The van der Waals surface area contributed by atoms with E-state index in [9.17, 15) is 14.9 Å². The molecule has 7 heteroatoms. The van der Waals surface area contributed by atoms with Crippen LogP contribution < -0.4 is 5.32 Å². The SMILES string of the molecule is COC[C@@H](C)NC(=O)c1cc([N+](=O)[O-])ccc1Cl. The summed E-state index contributed by atoms with van der Waals surface area (Å²) < 4.78 is 4.88. The van der Waals surface area contributed by atoms with Gasteiger partial charge in [0.1, 0.15) is 0 Å². The molecule has 0 bridgehead atoms. The van der Waals surface area contributed by atoms with Gasteiger partial charge >= 0.3 is 0 Å². The molecule has 0 fully saturated rings. The molecule has 0 radical (unpaired) electrons. The minimum absolute atomic E-state index is 0.0776. The lowest BCUT2D eigenvalue weighted by molar-refractivity contribution is -0.384. The lowest BCUT2D eigenvalue weighted by Crippen LogP contribution is -2.35. The Morgan fingerprint density at radius 3 is 2.83 bits per heavy atom. The highest BCUT2D eigenvalue weighted by molar-refractivity contribution is 6.33. The van der Waals surface area contributed by atoms with Crippen molar-refractivity contribution in [1.29, 1.82) is 0 Å². The number of nitrogens with zero attached hydrogens (tertiary/aromatic N) is 1. The van der Waals surface area contributed by atoms with Gasteiger partial charge in [-0.3, -0.25) is 14.9 Å². The number of methoxy groups -OCH3 is 1. The van der Waals surface area contributed by atoms with E-state index < -0.39 is 10.8 Å². The van der Waals surface area contributed by atoms with Gasteiger partial charge in [-0.2, -0.15) is 0 Å². The van der Waals surface area contributed by atoms with E-state index in [1.54, 1.807) is 6.92 Å². The van der Waals surface area contributed by atoms with Crippen molar-refractivity contribution in [2.24, 2.45) is 0 Å². The lowest BCUT2D eigenvalue weighted by Gasteiger charge is -2.13. The van der Waals surface area contributed by atoms with E-state index in [2.05, 4.69) is 5.32 Å². The number of ether oxygens (including phenoxy) is 1. The van der Waals surface area contributed by atoms with Gasteiger partial charge in [0.15, 0.2) is 0 Å². The number of rotatable bonds is 5. The molecule has 1 amide bonds. The summed E-state index contributed by atoms with van der Waals surface area (Å²) in [5, 5.41) is 13.4. The predicted octanol–water partition coefficient (Wildman–Crippen LogP) is 2.01. The summed E-state index contributed by atoms with van der Waals surface area (Å²) in [6.45, 7) is 2.10. The Hall–Kier alpha value is -1.66. The highest BCUT2D eigenvalue weighted by atomic mass is 35.5. The molecule has 0 heterocycles. The Morgan fingerprint density at radius 2 is 2.28 bits per heavy atom. The van der Waals surface area contributed by atoms with Crippen molar-refractivity contribution in [2.75, 3.05) is 13.7 Å². The van der Waals surface area contributed by atoms with Crippen LogP contribution in [0.1, 0.15) is 17.3 Å². The molecule has 1 N–H and O–H groups in total. The van der Waals surface area contributed by atoms with Gasteiger partial charge in [-0.1, -0.05) is 11.6 Å². The molecule has 0 unspecified atom stereocenters. The van der Waals surface area contributed by atoms with Crippen molar-refractivity contribution < 1.29 is 14.5 Å². The van der Waals surface area contributed by atoms with Crippen LogP contribution in [0.15, 0.2) is 18.2 Å². The summed E-state index contributed by atoms with van der Waals surface area (Å²) in [4.78, 5) is 21.9. The summed E-state index contributed by atoms with van der Waals surface area (Å²) in [5.41, 5.74) is -0.0993. The van der Waals surface area contributed by atoms with Gasteiger partial charge in [0.05, 0.1) is 22.1 Å². The highest BCUT2D eigenvalue weighted by Gasteiger charge is 2.17. The van der Waals surface area contributed by atoms with E-state index in [0.717, 1.165) is 6.07 Å². The van der Waals surface area contributed by atoms with Crippen LogP contribution in [0.3, 0.4) is 0 Å². The second-order valence-corrected chi connectivity index (χ2v) is 4.16. The van der Waals surface area contributed by atoms with E-state index in [-0.39, 0.29) is 22.3 Å². The van der Waals surface area contributed by atoms with Crippen LogP contribution in [-0.4, -0.2) is 30.6 Å². The number of benzene rings is 1. The number of hydrogen-bond donors (Lipinski definition) is 1. The molecule has 0 saturated carbocycles. The number of carbonyl (C=O) groups is 1. The molecule has 1 aromatic rings. The summed E-state index contributed by atoms with van der Waals surface area (Å²) in [6.07, 6.45) is 0. The number of nitro benzene ring substituents is 1. The van der Waals surface area contributed by atoms with Gasteiger partial charge in [0, 0.05) is 25.3 Å². The molecule has 1 aromatic carbocycles. The van der Waals surface area contributed by atoms with Crippen molar-refractivity contribution in [3.63, 3.8) is 0 Å². The first kappa shape index (κ1) is 14.4. The third-order valence-electron chi connectivity index (χ3n) is 2.20. The zero-order chi connectivity index (χ0) is 13.7. The van der Waals surface area contributed by atoms with Gasteiger partial charge in [-0.25, -0.2) is 0 Å². The Morgan fingerprint density at radius 1 is 1.61 bits per heavy atom. The molecule has 0 aliphatic heterocycles. The fourth-order valence-corrected chi connectivity index (χ4v) is 1.60. The maximum absolute atomic E-state index is 11.9. The fourth-order valence-electron chi connectivity index (χ4n) is 1.39. The first-order valence-electron chi connectivity index (χ1n) is 5.19. The van der Waals surface area contributed by atoms with Crippen molar-refractivity contribution in [3.8, 4) is 0 Å². The third kappa shape index (κ3) is 3.68. The van der Waals surface area contributed by atoms with Crippen molar-refractivity contribution in [3.05, 3.63) is 38.9 Å². The Bertz CT molecular complexity index is 464. The van der Waals surface area contributed by atoms with E-state index in [4.69, 9.17) is 16.3 Å². The molecule has 0 saturated heterocycles. The number of hydrogen-bond acceptors (Lipinski definition) is 4. The van der Waals surface area contributed by atoms with Crippen LogP contribution in [0, 0.1) is 10.1 Å². The number of halogens is 1. The van der Waals surface area contributed by atoms with E-state index in [1.165, 1.54) is 19.2 Å². The van der Waals surface area contributed by atoms with Crippen molar-refractivity contribution >= 4 is 23.2 Å². The largest absolute Gasteiger partial charge is 0.383 e. The minimum Gasteiger partial charge on any atom is -0.383 e. The quantitative estimate of drug-likeness (QED) is 0.657. The Kier molecular flexibility index (Phi) is 5.06. The fraction of sp³-hybridized carbons (Fsp3) is 0.364. The summed E-state index contributed by atoms with van der Waals surface area (Å²) in [5.74, 6) is -0.465. The number of non-ortho nitro benzene ring substituents is 1. The Labute approximate surface area is 109 Å². The molecular formula is C11H13ClN2O4. The molecule has 0 aromatic heterocycles. The summed E-state index contributed by atoms with van der Waals surface area (Å²) in [7, 11) is 1.52. The second kappa shape index (κ2) is 6.32. The molecule has 1 rings (SSSR count). The third-order valence-corrected chi connectivity index (χ3v) is 2.53. The van der Waals surface area contributed by atoms with E-state index >= 15 is 0 Å². The highest BCUT2D eigenvalue weighted by Crippen LogP contribution is 2.21. The van der Waals surface area contributed by atoms with Crippen molar-refractivity contribution in [2.45, 2.75) is 13.0 Å². The molecule has 0 aliphatic carbocycles. The zero-order valence-corrected chi connectivity index (χ0v) is 10.7. The number of nitrogens with one attached hydrogen (secondary N) is 1. The first-order valence-corrected chi connectivity index (χ1v) is 5.57. The van der Waals surface area contributed by atoms with Crippen LogP contribution >= 0.6 is 11.6 Å². The van der Waals surface area contributed by atoms with Gasteiger partial charge in [-0.05, 0) is 13.0 Å². The van der Waals surface area contributed by atoms with E-state index in [1.807, 2.05) is 0 Å². The Balaban J connectivity index is 2.91. The van der Waals surface area contributed by atoms with E-state index in [0.29, 0.717) is 6.61 Å². The molecule has 0 aliphatic rings. The van der Waals surface area contributed by atoms with Gasteiger partial charge in [0.25, 0.3) is 11.6 Å². The average Bonchev–Trinajstić information content (AvgIpc) is 2.29. The maximum atomic E-state index is 11.9. The maximum Gasteiger partial charge on any atom is 0.270 e. The molecule has 1 atom stereocenters. The number of carbonyl (C=O) groups excluding carboxylic acids is 1. The zero-order valence-electron chi connectivity index (χ0n) is 9.97. The minimum atomic E-state index is -0.578. The average molecular weight is 273 g/mol. The van der Waals surface area contributed by atoms with Crippen LogP contribution in [0.25, 0.3) is 0 Å². The van der Waals surface area contributed by atoms with Crippen molar-refractivity contribution in [1.82, 2.24) is 5.32 Å². The van der Waals surface area contributed by atoms with Crippen LogP contribution in [0.4, 0.5) is 5.69 Å². The van der Waals surface area contributed by atoms with Gasteiger partial charge in [-0.15, -0.1) is 0 Å². The summed E-state index contributed by atoms with van der Waals surface area (Å²) >= 11 is 5.84. The number of amides is 1. The van der Waals surface area contributed by atoms with Crippen LogP contribution in [0.2, 0.25) is 5.02 Å². The smallest absolute Gasteiger partial charge is 0.270 e. The van der Waals surface area contributed by atoms with Crippen LogP contribution in [-0.2, 0) is 4.74 Å². The standard InChI is InChI=1S/C11H13ClN2O4/c1-7(6-18-2)13-11(15)9-5-8(14(16)17)3-4-10(9)12/h3-5,7H,6H2,1-2H3,(H,13,15)/t7-/m1/s1.